The standard InChI is InChI=1S/C23H25N3O5S/c24-11-10-18-6-4-8-20(16-18)23(28)31-15-12-25-22(27)19-7-5-9-21(17-19)32(29,30)26-13-2-1-3-14-26/h4-9,16-17H,1-3,10,12-15H2,(H,25,27). The molecule has 9 heteroatoms. The van der Waals surface area contributed by atoms with Crippen LogP contribution in [0, 0.1) is 11.3 Å². The Labute approximate surface area is 187 Å². The number of esters is 1. The molecule has 0 unspecified atom stereocenters. The quantitative estimate of drug-likeness (QED) is 0.483. The normalized spacial score (nSPS) is 14.3. The molecule has 0 bridgehead atoms. The highest BCUT2D eigenvalue weighted by atomic mass is 32.2. The second-order valence-electron chi connectivity index (χ2n) is 7.42. The van der Waals surface area contributed by atoms with Crippen LogP contribution in [-0.4, -0.2) is 50.8 Å². The summed E-state index contributed by atoms with van der Waals surface area (Å²) >= 11 is 0. The molecule has 1 amide bonds. The topological polar surface area (TPSA) is 117 Å². The monoisotopic (exact) mass is 455 g/mol. The lowest BCUT2D eigenvalue weighted by atomic mass is 10.1. The largest absolute Gasteiger partial charge is 0.460 e. The minimum atomic E-state index is -3.63. The van der Waals surface area contributed by atoms with Crippen LogP contribution in [0.1, 0.15) is 45.5 Å². The molecule has 0 saturated carbocycles. The van der Waals surface area contributed by atoms with Crippen molar-refractivity contribution in [2.45, 2.75) is 30.6 Å². The van der Waals surface area contributed by atoms with Crippen LogP contribution in [0.2, 0.25) is 0 Å². The van der Waals surface area contributed by atoms with Crippen LogP contribution in [-0.2, 0) is 21.2 Å². The van der Waals surface area contributed by atoms with Gasteiger partial charge < -0.3 is 10.1 Å². The number of nitrogens with zero attached hydrogens (tertiary/aromatic N) is 2. The van der Waals surface area contributed by atoms with Crippen LogP contribution >= 0.6 is 0 Å². The Morgan fingerprint density at radius 1 is 1.03 bits per heavy atom. The van der Waals surface area contributed by atoms with Crippen LogP contribution in [0.15, 0.2) is 53.4 Å². The molecule has 2 aromatic carbocycles. The van der Waals surface area contributed by atoms with Crippen LogP contribution in [0.3, 0.4) is 0 Å². The molecule has 1 aliphatic heterocycles. The summed E-state index contributed by atoms with van der Waals surface area (Å²) in [7, 11) is -3.63. The van der Waals surface area contributed by atoms with Gasteiger partial charge in [-0.1, -0.05) is 24.6 Å². The van der Waals surface area contributed by atoms with Crippen molar-refractivity contribution in [3.05, 3.63) is 65.2 Å². The van der Waals surface area contributed by atoms with Crippen LogP contribution in [0.4, 0.5) is 0 Å². The second kappa shape index (κ2) is 10.9. The van der Waals surface area contributed by atoms with E-state index in [4.69, 9.17) is 10.00 Å². The van der Waals surface area contributed by atoms with E-state index in [1.54, 1.807) is 30.3 Å². The Morgan fingerprint density at radius 2 is 1.75 bits per heavy atom. The Morgan fingerprint density at radius 3 is 2.50 bits per heavy atom. The molecule has 1 fully saturated rings. The van der Waals surface area contributed by atoms with Crippen molar-refractivity contribution in [1.29, 1.82) is 5.26 Å². The molecule has 168 valence electrons. The lowest BCUT2D eigenvalue weighted by Crippen LogP contribution is -2.35. The Balaban J connectivity index is 1.53. The van der Waals surface area contributed by atoms with Crippen molar-refractivity contribution in [3.63, 3.8) is 0 Å². The third kappa shape index (κ3) is 5.93. The van der Waals surface area contributed by atoms with E-state index >= 15 is 0 Å². The maximum atomic E-state index is 12.8. The first-order valence-electron chi connectivity index (χ1n) is 10.4. The Kier molecular flexibility index (Phi) is 7.98. The highest BCUT2D eigenvalue weighted by Crippen LogP contribution is 2.21. The number of nitrogens with one attached hydrogen (secondary N) is 1. The first kappa shape index (κ1) is 23.4. The molecule has 32 heavy (non-hydrogen) atoms. The Bertz CT molecular complexity index is 1120. The van der Waals surface area contributed by atoms with E-state index in [-0.39, 0.29) is 30.0 Å². The van der Waals surface area contributed by atoms with E-state index in [2.05, 4.69) is 5.32 Å². The van der Waals surface area contributed by atoms with Gasteiger partial charge >= 0.3 is 5.97 Å². The van der Waals surface area contributed by atoms with Crippen molar-refractivity contribution >= 4 is 21.9 Å². The van der Waals surface area contributed by atoms with Gasteiger partial charge in [0.2, 0.25) is 10.0 Å². The van der Waals surface area contributed by atoms with Crippen molar-refractivity contribution in [1.82, 2.24) is 9.62 Å². The summed E-state index contributed by atoms with van der Waals surface area (Å²) in [5, 5.41) is 11.4. The van der Waals surface area contributed by atoms with Gasteiger partial charge in [-0.15, -0.1) is 0 Å². The minimum Gasteiger partial charge on any atom is -0.460 e. The zero-order valence-corrected chi connectivity index (χ0v) is 18.4. The average molecular weight is 456 g/mol. The number of amides is 1. The molecule has 1 saturated heterocycles. The van der Waals surface area contributed by atoms with Gasteiger partial charge in [-0.2, -0.15) is 9.57 Å². The third-order valence-corrected chi connectivity index (χ3v) is 7.01. The lowest BCUT2D eigenvalue weighted by molar-refractivity contribution is 0.0503. The van der Waals surface area contributed by atoms with E-state index in [9.17, 15) is 18.0 Å². The summed E-state index contributed by atoms with van der Waals surface area (Å²) < 4.78 is 32.3. The molecule has 3 rings (SSSR count). The maximum Gasteiger partial charge on any atom is 0.338 e. The van der Waals surface area contributed by atoms with Gasteiger partial charge in [0.1, 0.15) is 6.61 Å². The van der Waals surface area contributed by atoms with Gasteiger partial charge in [-0.05, 0) is 48.7 Å². The van der Waals surface area contributed by atoms with E-state index in [1.807, 2.05) is 6.07 Å². The first-order chi connectivity index (χ1) is 15.4. The highest BCUT2D eigenvalue weighted by molar-refractivity contribution is 7.89. The maximum absolute atomic E-state index is 12.8. The number of ether oxygens (including phenoxy) is 1. The minimum absolute atomic E-state index is 0.0428. The predicted octanol–water partition coefficient (Wildman–Crippen LogP) is 2.51. The number of piperidine rings is 1. The van der Waals surface area contributed by atoms with E-state index in [0.29, 0.717) is 18.7 Å². The molecule has 1 aliphatic rings. The van der Waals surface area contributed by atoms with Gasteiger partial charge in [0, 0.05) is 18.7 Å². The summed E-state index contributed by atoms with van der Waals surface area (Å²) in [5.41, 5.74) is 1.27. The molecule has 1 N–H and O–H groups in total. The smallest absolute Gasteiger partial charge is 0.338 e. The molecular formula is C23H25N3O5S. The van der Waals surface area contributed by atoms with Crippen LogP contribution in [0.25, 0.3) is 0 Å². The number of carbonyl (C=O) groups is 2. The fourth-order valence-electron chi connectivity index (χ4n) is 3.45. The number of carbonyl (C=O) groups excluding carboxylic acids is 2. The zero-order valence-electron chi connectivity index (χ0n) is 17.6. The van der Waals surface area contributed by atoms with E-state index in [0.717, 1.165) is 24.8 Å². The third-order valence-electron chi connectivity index (χ3n) is 5.12. The molecule has 2 aromatic rings. The Hall–Kier alpha value is -3.22. The molecular weight excluding hydrogens is 430 g/mol. The molecule has 0 aliphatic carbocycles. The molecule has 0 radical (unpaired) electrons. The van der Waals surface area contributed by atoms with Gasteiger partial charge in [0.15, 0.2) is 0 Å². The number of benzene rings is 2. The van der Waals surface area contributed by atoms with E-state index in [1.165, 1.54) is 22.5 Å². The molecule has 0 spiro atoms. The van der Waals surface area contributed by atoms with Crippen molar-refractivity contribution < 1.29 is 22.7 Å². The zero-order chi connectivity index (χ0) is 23.0. The van der Waals surface area contributed by atoms with Crippen LogP contribution in [0.5, 0.6) is 0 Å². The summed E-state index contributed by atoms with van der Waals surface area (Å²) in [5.74, 6) is -0.999. The number of nitriles is 1. The SMILES string of the molecule is N#CCc1cccc(C(=O)OCCNC(=O)c2cccc(S(=O)(=O)N3CCCCC3)c2)c1. The molecule has 1 heterocycles. The molecule has 8 nitrogen and oxygen atoms in total. The lowest BCUT2D eigenvalue weighted by Gasteiger charge is -2.26. The fraction of sp³-hybridized carbons (Fsp3) is 0.348. The van der Waals surface area contributed by atoms with E-state index < -0.39 is 21.9 Å². The van der Waals surface area contributed by atoms with Crippen molar-refractivity contribution in [2.24, 2.45) is 0 Å². The van der Waals surface area contributed by atoms with Crippen LogP contribution < -0.4 is 5.32 Å². The average Bonchev–Trinajstić information content (AvgIpc) is 2.82. The summed E-state index contributed by atoms with van der Waals surface area (Å²) in [4.78, 5) is 24.7. The second-order valence-corrected chi connectivity index (χ2v) is 9.36. The highest BCUT2D eigenvalue weighted by Gasteiger charge is 2.26. The summed E-state index contributed by atoms with van der Waals surface area (Å²) in [6, 6.07) is 14.6. The summed E-state index contributed by atoms with van der Waals surface area (Å²) in [6.07, 6.45) is 2.88. The fourth-order valence-corrected chi connectivity index (χ4v) is 5.01. The van der Waals surface area contributed by atoms with Crippen molar-refractivity contribution in [2.75, 3.05) is 26.2 Å². The van der Waals surface area contributed by atoms with Gasteiger partial charge in [-0.3, -0.25) is 4.79 Å². The summed E-state index contributed by atoms with van der Waals surface area (Å²) in [6.45, 7) is 1.01. The molecule has 0 aromatic heterocycles. The van der Waals surface area contributed by atoms with Gasteiger partial charge in [-0.25, -0.2) is 13.2 Å². The number of rotatable bonds is 8. The number of hydrogen-bond acceptors (Lipinski definition) is 6. The van der Waals surface area contributed by atoms with Gasteiger partial charge in [0.25, 0.3) is 5.91 Å². The predicted molar refractivity (Wildman–Crippen MR) is 117 cm³/mol. The first-order valence-corrected chi connectivity index (χ1v) is 11.9. The number of sulfonamides is 1. The van der Waals surface area contributed by atoms with Crippen molar-refractivity contribution in [3.8, 4) is 6.07 Å². The van der Waals surface area contributed by atoms with Gasteiger partial charge in [0.05, 0.1) is 29.5 Å². The molecule has 0 atom stereocenters. The number of hydrogen-bond donors (Lipinski definition) is 1.